The first-order valence-corrected chi connectivity index (χ1v) is 10.1. The number of carboxylic acids is 2. The molecule has 4 N–H and O–H groups in total. The number of para-hydroxylation sites is 1. The number of amides is 1. The lowest BCUT2D eigenvalue weighted by atomic mass is 9.88. The van der Waals surface area contributed by atoms with E-state index < -0.39 is 36.2 Å². The Morgan fingerprint density at radius 3 is 2.38 bits per heavy atom. The van der Waals surface area contributed by atoms with Crippen molar-refractivity contribution < 1.29 is 29.4 Å². The van der Waals surface area contributed by atoms with Gasteiger partial charge in [-0.3, -0.25) is 14.4 Å². The van der Waals surface area contributed by atoms with E-state index in [1.54, 1.807) is 24.4 Å². The number of nitrogens with one attached hydrogen (secondary N) is 2. The molecule has 3 rings (SSSR count). The van der Waals surface area contributed by atoms with Gasteiger partial charge in [0.15, 0.2) is 5.78 Å². The number of hydrogen-bond donors (Lipinski definition) is 4. The van der Waals surface area contributed by atoms with Gasteiger partial charge in [0.25, 0.3) is 0 Å². The van der Waals surface area contributed by atoms with E-state index in [1.807, 2.05) is 38.1 Å². The third-order valence-electron chi connectivity index (χ3n) is 5.38. The molecule has 1 aromatic heterocycles. The first-order valence-electron chi connectivity index (χ1n) is 10.1. The molecule has 1 amide bonds. The largest absolute Gasteiger partial charge is 0.481 e. The molecule has 2 atom stereocenters. The number of H-pyrrole nitrogens is 1. The number of Topliss-reactive ketones (excluding diaryl/α,β-unsaturated/α-hetero) is 1. The van der Waals surface area contributed by atoms with Crippen LogP contribution in [0.3, 0.4) is 0 Å². The van der Waals surface area contributed by atoms with Crippen molar-refractivity contribution in [3.05, 3.63) is 70.9 Å². The molecule has 0 spiro atoms. The van der Waals surface area contributed by atoms with Gasteiger partial charge >= 0.3 is 11.9 Å². The summed E-state index contributed by atoms with van der Waals surface area (Å²) in [5.74, 6) is -4.80. The molecule has 0 saturated heterocycles. The standard InChI is InChI=1S/C24H24N2O6/c1-13-7-8-15(14(2)9-13)21(27)10-17(18-12-25-19-6-4-3-5-16(18)19)23(30)26-20(24(31)32)11-22(28)29/h3-9,12,17,20,25H,10-11H2,1-2H3,(H,26,30)(H,28,29)(H,31,32)/t17?,20-/m0/s1. The van der Waals surface area contributed by atoms with Crippen molar-refractivity contribution in [2.75, 3.05) is 0 Å². The van der Waals surface area contributed by atoms with Gasteiger partial charge in [-0.1, -0.05) is 42.0 Å². The Morgan fingerprint density at radius 1 is 1.00 bits per heavy atom. The quantitative estimate of drug-likeness (QED) is 0.380. The maximum absolute atomic E-state index is 13.2. The number of rotatable bonds is 9. The first-order chi connectivity index (χ1) is 15.2. The molecule has 1 unspecified atom stereocenters. The normalized spacial score (nSPS) is 12.8. The van der Waals surface area contributed by atoms with Crippen molar-refractivity contribution in [3.8, 4) is 0 Å². The van der Waals surface area contributed by atoms with E-state index in [0.29, 0.717) is 11.1 Å². The highest BCUT2D eigenvalue weighted by molar-refractivity contribution is 6.03. The Balaban J connectivity index is 1.97. The zero-order valence-electron chi connectivity index (χ0n) is 17.7. The van der Waals surface area contributed by atoms with Crippen molar-refractivity contribution in [1.29, 1.82) is 0 Å². The number of aliphatic carboxylic acids is 2. The van der Waals surface area contributed by atoms with Crippen molar-refractivity contribution in [2.45, 2.75) is 38.6 Å². The molecular weight excluding hydrogens is 412 g/mol. The second-order valence-electron chi connectivity index (χ2n) is 7.79. The number of carbonyl (C=O) groups excluding carboxylic acids is 2. The second-order valence-corrected chi connectivity index (χ2v) is 7.79. The number of carbonyl (C=O) groups is 4. The molecule has 0 saturated carbocycles. The van der Waals surface area contributed by atoms with Crippen LogP contribution in [-0.2, 0) is 14.4 Å². The van der Waals surface area contributed by atoms with E-state index >= 15 is 0 Å². The maximum Gasteiger partial charge on any atom is 0.326 e. The van der Waals surface area contributed by atoms with Crippen LogP contribution in [-0.4, -0.2) is 44.9 Å². The Kier molecular flexibility index (Phi) is 6.73. The van der Waals surface area contributed by atoms with Gasteiger partial charge in [0.05, 0.1) is 12.3 Å². The number of hydrogen-bond acceptors (Lipinski definition) is 4. The molecule has 3 aromatic rings. The lowest BCUT2D eigenvalue weighted by Gasteiger charge is -2.20. The van der Waals surface area contributed by atoms with E-state index in [9.17, 15) is 24.3 Å². The van der Waals surface area contributed by atoms with Crippen molar-refractivity contribution in [3.63, 3.8) is 0 Å². The highest BCUT2D eigenvalue weighted by atomic mass is 16.4. The van der Waals surface area contributed by atoms with Crippen LogP contribution >= 0.6 is 0 Å². The minimum absolute atomic E-state index is 0.197. The topological polar surface area (TPSA) is 137 Å². The second kappa shape index (κ2) is 9.47. The third kappa shape index (κ3) is 5.03. The summed E-state index contributed by atoms with van der Waals surface area (Å²) < 4.78 is 0. The predicted octanol–water partition coefficient (Wildman–Crippen LogP) is 3.19. The summed E-state index contributed by atoms with van der Waals surface area (Å²) in [7, 11) is 0. The summed E-state index contributed by atoms with van der Waals surface area (Å²) in [5.41, 5.74) is 3.56. The van der Waals surface area contributed by atoms with Crippen LogP contribution in [0.15, 0.2) is 48.7 Å². The summed E-state index contributed by atoms with van der Waals surface area (Å²) in [4.78, 5) is 51.8. The molecule has 8 nitrogen and oxygen atoms in total. The molecule has 0 radical (unpaired) electrons. The molecule has 166 valence electrons. The predicted molar refractivity (Wildman–Crippen MR) is 118 cm³/mol. The maximum atomic E-state index is 13.2. The molecule has 0 fully saturated rings. The van der Waals surface area contributed by atoms with Crippen molar-refractivity contribution >= 4 is 34.5 Å². The smallest absolute Gasteiger partial charge is 0.326 e. The minimum Gasteiger partial charge on any atom is -0.481 e. The van der Waals surface area contributed by atoms with Gasteiger partial charge in [-0.2, -0.15) is 0 Å². The zero-order valence-corrected chi connectivity index (χ0v) is 17.7. The molecule has 8 heteroatoms. The fourth-order valence-corrected chi connectivity index (χ4v) is 3.79. The molecule has 0 bridgehead atoms. The minimum atomic E-state index is -1.61. The van der Waals surface area contributed by atoms with Crippen molar-refractivity contribution in [2.24, 2.45) is 0 Å². The number of carboxylic acid groups (broad SMARTS) is 2. The Hall–Kier alpha value is -3.94. The molecule has 0 aliphatic rings. The lowest BCUT2D eigenvalue weighted by Crippen LogP contribution is -2.44. The highest BCUT2D eigenvalue weighted by Gasteiger charge is 2.31. The molecule has 0 aliphatic carbocycles. The van der Waals surface area contributed by atoms with E-state index in [2.05, 4.69) is 10.3 Å². The molecule has 1 heterocycles. The van der Waals surface area contributed by atoms with Crippen LogP contribution in [0.1, 0.15) is 45.8 Å². The van der Waals surface area contributed by atoms with Crippen LogP contribution in [0.4, 0.5) is 0 Å². The first kappa shape index (κ1) is 22.7. The average Bonchev–Trinajstić information content (AvgIpc) is 3.14. The van der Waals surface area contributed by atoms with Gasteiger partial charge in [-0.05, 0) is 31.0 Å². The van der Waals surface area contributed by atoms with Gasteiger partial charge in [-0.25, -0.2) is 4.79 Å². The van der Waals surface area contributed by atoms with Crippen LogP contribution < -0.4 is 5.32 Å². The molecule has 32 heavy (non-hydrogen) atoms. The fraction of sp³-hybridized carbons (Fsp3) is 0.250. The highest BCUT2D eigenvalue weighted by Crippen LogP contribution is 2.30. The number of benzene rings is 2. The summed E-state index contributed by atoms with van der Waals surface area (Å²) in [6.45, 7) is 3.73. The number of aromatic nitrogens is 1. The Labute approximate surface area is 184 Å². The van der Waals surface area contributed by atoms with Gasteiger partial charge in [0, 0.05) is 29.1 Å². The third-order valence-corrected chi connectivity index (χ3v) is 5.38. The van der Waals surface area contributed by atoms with Gasteiger partial charge in [0.1, 0.15) is 6.04 Å². The molecule has 0 aliphatic heterocycles. The Bertz CT molecular complexity index is 1200. The van der Waals surface area contributed by atoms with E-state index in [1.165, 1.54) is 0 Å². The number of ketones is 1. The fourth-order valence-electron chi connectivity index (χ4n) is 3.79. The van der Waals surface area contributed by atoms with Crippen LogP contribution in [0.25, 0.3) is 10.9 Å². The number of fused-ring (bicyclic) bond motifs is 1. The summed E-state index contributed by atoms with van der Waals surface area (Å²) in [6, 6.07) is 11.0. The molecular formula is C24H24N2O6. The van der Waals surface area contributed by atoms with E-state index in [-0.39, 0.29) is 12.2 Å². The molecule has 2 aromatic carbocycles. The monoisotopic (exact) mass is 436 g/mol. The van der Waals surface area contributed by atoms with Gasteiger partial charge in [0.2, 0.25) is 5.91 Å². The summed E-state index contributed by atoms with van der Waals surface area (Å²) in [6.07, 6.45) is 0.654. The van der Waals surface area contributed by atoms with E-state index in [0.717, 1.165) is 22.0 Å². The van der Waals surface area contributed by atoms with Crippen LogP contribution in [0, 0.1) is 13.8 Å². The van der Waals surface area contributed by atoms with Gasteiger partial charge < -0.3 is 20.5 Å². The van der Waals surface area contributed by atoms with Gasteiger partial charge in [-0.15, -0.1) is 0 Å². The van der Waals surface area contributed by atoms with E-state index in [4.69, 9.17) is 5.11 Å². The Morgan fingerprint density at radius 2 is 1.72 bits per heavy atom. The lowest BCUT2D eigenvalue weighted by molar-refractivity contribution is -0.147. The van der Waals surface area contributed by atoms with Crippen LogP contribution in [0.5, 0.6) is 0 Å². The number of aromatic amines is 1. The van der Waals surface area contributed by atoms with Crippen molar-refractivity contribution in [1.82, 2.24) is 10.3 Å². The number of aryl methyl sites for hydroxylation is 2. The summed E-state index contributed by atoms with van der Waals surface area (Å²) >= 11 is 0. The SMILES string of the molecule is Cc1ccc(C(=O)CC(C(=O)N[C@@H](CC(=O)O)C(=O)O)c2c[nH]c3ccccc23)c(C)c1. The zero-order chi connectivity index (χ0) is 23.4. The average molecular weight is 436 g/mol. The summed E-state index contributed by atoms with van der Waals surface area (Å²) in [5, 5.41) is 21.3. The van der Waals surface area contributed by atoms with Crippen LogP contribution in [0.2, 0.25) is 0 Å².